The Kier molecular flexibility index (Phi) is 6.73. The summed E-state index contributed by atoms with van der Waals surface area (Å²) in [7, 11) is 0. The molecule has 2 aromatic heterocycles. The zero-order chi connectivity index (χ0) is 22.1. The highest BCUT2D eigenvalue weighted by Crippen LogP contribution is 2.35. The fourth-order valence-corrected chi connectivity index (χ4v) is 3.55. The molecule has 0 unspecified atom stereocenters. The van der Waals surface area contributed by atoms with Gasteiger partial charge in [0.25, 0.3) is 0 Å². The lowest BCUT2D eigenvalue weighted by Crippen LogP contribution is -2.17. The van der Waals surface area contributed by atoms with Crippen LogP contribution >= 0.6 is 39.1 Å². The highest BCUT2D eigenvalue weighted by atomic mass is 79.9. The highest BCUT2D eigenvalue weighted by molar-refractivity contribution is 9.10. The first-order valence-corrected chi connectivity index (χ1v) is 10.0. The lowest BCUT2D eigenvalue weighted by Gasteiger charge is -2.05. The van der Waals surface area contributed by atoms with Gasteiger partial charge >= 0.3 is 6.18 Å². The Morgan fingerprint density at radius 2 is 2.00 bits per heavy atom. The van der Waals surface area contributed by atoms with E-state index in [0.717, 1.165) is 10.2 Å². The maximum atomic E-state index is 12.9. The summed E-state index contributed by atoms with van der Waals surface area (Å²) < 4.78 is 41.2. The molecule has 0 aliphatic rings. The van der Waals surface area contributed by atoms with Gasteiger partial charge in [0.2, 0.25) is 11.9 Å². The Morgan fingerprint density at radius 1 is 1.27 bits per heavy atom. The van der Waals surface area contributed by atoms with Gasteiger partial charge in [-0.25, -0.2) is 9.67 Å². The van der Waals surface area contributed by atoms with Crippen LogP contribution in [0.5, 0.6) is 0 Å². The van der Waals surface area contributed by atoms with Crippen molar-refractivity contribution in [2.75, 3.05) is 5.32 Å². The normalized spacial score (nSPS) is 11.7. The molecule has 13 heteroatoms. The molecule has 1 aromatic carbocycles. The van der Waals surface area contributed by atoms with Crippen molar-refractivity contribution in [1.82, 2.24) is 24.5 Å². The van der Waals surface area contributed by atoms with E-state index in [-0.39, 0.29) is 29.1 Å². The monoisotopic (exact) mass is 524 g/mol. The number of hydrogen-bond acceptors (Lipinski definition) is 4. The largest absolute Gasteiger partial charge is 0.436 e. The molecule has 0 atom stereocenters. The lowest BCUT2D eigenvalue weighted by molar-refractivity contribution is -0.142. The highest BCUT2D eigenvalue weighted by Gasteiger charge is 2.37. The van der Waals surface area contributed by atoms with Gasteiger partial charge in [-0.05, 0) is 40.5 Å². The second-order valence-electron chi connectivity index (χ2n) is 6.27. The molecular weight excluding hydrogens is 512 g/mol. The Bertz CT molecular complexity index is 1080. The molecule has 0 aliphatic heterocycles. The van der Waals surface area contributed by atoms with E-state index in [4.69, 9.17) is 23.2 Å². The van der Waals surface area contributed by atoms with Gasteiger partial charge in [-0.2, -0.15) is 18.3 Å². The molecule has 0 aliphatic carbocycles. The Balaban J connectivity index is 1.59. The van der Waals surface area contributed by atoms with Gasteiger partial charge in [0.1, 0.15) is 6.33 Å². The standard InChI is InChI=1S/C17H14BrCl2F3N6O/c1-9-14(18)15(17(21,22)23)26-29(9)5-4-13(30)25-16-24-8-28(27-16)7-10-2-3-11(19)6-12(10)20/h2-3,6,8H,4-5,7H2,1H3,(H,25,27,30). The number of alkyl halides is 3. The molecule has 160 valence electrons. The van der Waals surface area contributed by atoms with E-state index in [2.05, 4.69) is 36.4 Å². The van der Waals surface area contributed by atoms with Crippen molar-refractivity contribution in [3.8, 4) is 0 Å². The van der Waals surface area contributed by atoms with Crippen LogP contribution in [0.3, 0.4) is 0 Å². The Hall–Kier alpha value is -2.11. The number of hydrogen-bond donors (Lipinski definition) is 1. The summed E-state index contributed by atoms with van der Waals surface area (Å²) in [6, 6.07) is 5.06. The average Bonchev–Trinajstić information content (AvgIpc) is 3.20. The number of aryl methyl sites for hydroxylation is 1. The average molecular weight is 526 g/mol. The first-order valence-electron chi connectivity index (χ1n) is 8.48. The molecule has 0 spiro atoms. The van der Waals surface area contributed by atoms with Crippen LogP contribution in [0.15, 0.2) is 29.0 Å². The zero-order valence-corrected chi connectivity index (χ0v) is 18.4. The first-order chi connectivity index (χ1) is 14.0. The first kappa shape index (κ1) is 22.6. The molecule has 2 heterocycles. The van der Waals surface area contributed by atoms with Gasteiger partial charge in [0, 0.05) is 16.5 Å². The van der Waals surface area contributed by atoms with Crippen LogP contribution in [-0.2, 0) is 24.1 Å². The molecule has 0 saturated heterocycles. The number of carbonyl (C=O) groups is 1. The number of nitrogens with one attached hydrogen (secondary N) is 1. The number of nitrogens with zero attached hydrogens (tertiary/aromatic N) is 5. The van der Waals surface area contributed by atoms with Crippen molar-refractivity contribution in [3.63, 3.8) is 0 Å². The van der Waals surface area contributed by atoms with E-state index in [1.54, 1.807) is 18.2 Å². The minimum Gasteiger partial charge on any atom is -0.293 e. The number of amides is 1. The molecule has 3 rings (SSSR count). The maximum Gasteiger partial charge on any atom is 0.436 e. The summed E-state index contributed by atoms with van der Waals surface area (Å²) in [5.41, 5.74) is 0.0168. The van der Waals surface area contributed by atoms with Gasteiger partial charge in [-0.15, -0.1) is 5.10 Å². The fourth-order valence-electron chi connectivity index (χ4n) is 2.57. The summed E-state index contributed by atoms with van der Waals surface area (Å²) in [4.78, 5) is 16.1. The molecular formula is C17H14BrCl2F3N6O. The summed E-state index contributed by atoms with van der Waals surface area (Å²) >= 11 is 14.9. The van der Waals surface area contributed by atoms with Crippen molar-refractivity contribution < 1.29 is 18.0 Å². The van der Waals surface area contributed by atoms with E-state index < -0.39 is 17.8 Å². The number of anilines is 1. The topological polar surface area (TPSA) is 77.6 Å². The van der Waals surface area contributed by atoms with Gasteiger partial charge < -0.3 is 0 Å². The van der Waals surface area contributed by atoms with Crippen LogP contribution in [0.2, 0.25) is 10.0 Å². The summed E-state index contributed by atoms with van der Waals surface area (Å²) in [5, 5.41) is 11.2. The van der Waals surface area contributed by atoms with Crippen molar-refractivity contribution in [2.24, 2.45) is 0 Å². The number of halogens is 6. The van der Waals surface area contributed by atoms with Crippen LogP contribution in [0.1, 0.15) is 23.4 Å². The molecule has 1 amide bonds. The summed E-state index contributed by atoms with van der Waals surface area (Å²) in [6.45, 7) is 1.77. The van der Waals surface area contributed by atoms with Crippen LogP contribution in [0.25, 0.3) is 0 Å². The predicted molar refractivity (Wildman–Crippen MR) is 108 cm³/mol. The molecule has 30 heavy (non-hydrogen) atoms. The zero-order valence-electron chi connectivity index (χ0n) is 15.3. The molecule has 0 bridgehead atoms. The number of rotatable bonds is 6. The summed E-state index contributed by atoms with van der Waals surface area (Å²) in [6.07, 6.45) is -3.27. The second-order valence-corrected chi connectivity index (χ2v) is 7.91. The minimum atomic E-state index is -4.58. The second kappa shape index (κ2) is 8.94. The third-order valence-electron chi connectivity index (χ3n) is 4.09. The smallest absolute Gasteiger partial charge is 0.293 e. The quantitative estimate of drug-likeness (QED) is 0.494. The lowest BCUT2D eigenvalue weighted by atomic mass is 10.2. The van der Waals surface area contributed by atoms with Crippen molar-refractivity contribution in [1.29, 1.82) is 0 Å². The maximum absolute atomic E-state index is 12.9. The van der Waals surface area contributed by atoms with E-state index in [1.807, 2.05) is 0 Å². The van der Waals surface area contributed by atoms with Crippen molar-refractivity contribution >= 4 is 51.0 Å². The van der Waals surface area contributed by atoms with Crippen LogP contribution in [-0.4, -0.2) is 30.5 Å². The molecule has 0 fully saturated rings. The van der Waals surface area contributed by atoms with E-state index in [1.165, 1.54) is 17.9 Å². The third-order valence-corrected chi connectivity index (χ3v) is 5.62. The van der Waals surface area contributed by atoms with Gasteiger partial charge in [0.05, 0.1) is 23.3 Å². The number of benzene rings is 1. The third kappa shape index (κ3) is 5.32. The predicted octanol–water partition coefficient (Wildman–Crippen LogP) is 4.95. The van der Waals surface area contributed by atoms with Gasteiger partial charge in [-0.3, -0.25) is 14.8 Å². The van der Waals surface area contributed by atoms with Crippen LogP contribution in [0.4, 0.5) is 19.1 Å². The summed E-state index contributed by atoms with van der Waals surface area (Å²) in [5.74, 6) is -0.392. The SMILES string of the molecule is Cc1c(Br)c(C(F)(F)F)nn1CCC(=O)Nc1ncn(Cc2ccc(Cl)cc2Cl)n1. The van der Waals surface area contributed by atoms with E-state index >= 15 is 0 Å². The van der Waals surface area contributed by atoms with Crippen LogP contribution < -0.4 is 5.32 Å². The Morgan fingerprint density at radius 3 is 2.63 bits per heavy atom. The molecule has 0 saturated carbocycles. The molecule has 1 N–H and O–H groups in total. The fraction of sp³-hybridized carbons (Fsp3) is 0.294. The van der Waals surface area contributed by atoms with Gasteiger partial charge in [-0.1, -0.05) is 29.3 Å². The van der Waals surface area contributed by atoms with E-state index in [0.29, 0.717) is 16.6 Å². The van der Waals surface area contributed by atoms with Crippen molar-refractivity contribution in [3.05, 3.63) is 56.0 Å². The minimum absolute atomic E-state index is 0.0343. The molecule has 0 radical (unpaired) electrons. The van der Waals surface area contributed by atoms with Crippen molar-refractivity contribution in [2.45, 2.75) is 32.6 Å². The van der Waals surface area contributed by atoms with E-state index in [9.17, 15) is 18.0 Å². The number of carbonyl (C=O) groups excluding carboxylic acids is 1. The Labute approximate surface area is 187 Å². The molecule has 3 aromatic rings. The number of aromatic nitrogens is 5. The van der Waals surface area contributed by atoms with Crippen LogP contribution in [0, 0.1) is 6.92 Å². The molecule has 7 nitrogen and oxygen atoms in total. The van der Waals surface area contributed by atoms with Gasteiger partial charge in [0.15, 0.2) is 5.69 Å².